The summed E-state index contributed by atoms with van der Waals surface area (Å²) in [6.45, 7) is 3.13. The van der Waals surface area contributed by atoms with Gasteiger partial charge in [-0.15, -0.1) is 0 Å². The van der Waals surface area contributed by atoms with Gasteiger partial charge < -0.3 is 15.2 Å². The van der Waals surface area contributed by atoms with Crippen LogP contribution in [-0.2, 0) is 9.84 Å². The zero-order chi connectivity index (χ0) is 29.1. The Morgan fingerprint density at radius 2 is 1.88 bits per heavy atom. The smallest absolute Gasteiger partial charge is 0.391 e. The van der Waals surface area contributed by atoms with E-state index in [1.54, 1.807) is 31.2 Å². The van der Waals surface area contributed by atoms with Gasteiger partial charge in [0.15, 0.2) is 9.84 Å². The summed E-state index contributed by atoms with van der Waals surface area (Å²) in [6.07, 6.45) is -1.86. The number of alkyl halides is 3. The fourth-order valence-corrected chi connectivity index (χ4v) is 5.68. The number of hydrogen-bond acceptors (Lipinski definition) is 7. The molecule has 0 bridgehead atoms. The number of halogens is 3. The number of aliphatic hydroxyl groups is 1. The lowest BCUT2D eigenvalue weighted by molar-refractivity contribution is -0.184. The molecule has 1 aromatic carbocycles. The van der Waals surface area contributed by atoms with E-state index in [2.05, 4.69) is 15.3 Å². The summed E-state index contributed by atoms with van der Waals surface area (Å²) < 4.78 is 68.9. The number of ether oxygens (including phenoxy) is 1. The molecule has 8 nitrogen and oxygen atoms in total. The van der Waals surface area contributed by atoms with E-state index in [4.69, 9.17) is 4.74 Å². The number of nitrogens with zero attached hydrogens (tertiary/aromatic N) is 2. The Bertz CT molecular complexity index is 1450. The van der Waals surface area contributed by atoms with Crippen LogP contribution in [-0.4, -0.2) is 54.5 Å². The quantitative estimate of drug-likeness (QED) is 0.369. The molecule has 2 aromatic heterocycles. The van der Waals surface area contributed by atoms with Crippen molar-refractivity contribution in [2.24, 2.45) is 11.8 Å². The second kappa shape index (κ2) is 12.1. The average molecular weight is 580 g/mol. The molecule has 4 rings (SSSR count). The Morgan fingerprint density at radius 1 is 1.15 bits per heavy atom. The number of aliphatic hydroxyl groups excluding tert-OH is 1. The van der Waals surface area contributed by atoms with Crippen LogP contribution in [0.25, 0.3) is 10.8 Å². The van der Waals surface area contributed by atoms with Crippen molar-refractivity contribution in [3.63, 3.8) is 0 Å². The summed E-state index contributed by atoms with van der Waals surface area (Å²) in [5.41, 5.74) is 1.28. The van der Waals surface area contributed by atoms with Gasteiger partial charge in [-0.2, -0.15) is 13.2 Å². The first-order valence-electron chi connectivity index (χ1n) is 13.1. The number of carbonyl (C=O) groups is 1. The minimum absolute atomic E-state index is 0.0150. The molecule has 1 atom stereocenters. The van der Waals surface area contributed by atoms with Crippen LogP contribution in [0.1, 0.15) is 60.4 Å². The average Bonchev–Trinajstić information content (AvgIpc) is 2.93. The molecule has 1 saturated carbocycles. The molecule has 3 aromatic rings. The number of fused-ring (bicyclic) bond motifs is 1. The van der Waals surface area contributed by atoms with E-state index in [-0.39, 0.29) is 36.0 Å². The van der Waals surface area contributed by atoms with Gasteiger partial charge in [0, 0.05) is 22.8 Å². The molecule has 2 N–H and O–H groups in total. The molecule has 0 unspecified atom stereocenters. The predicted molar refractivity (Wildman–Crippen MR) is 143 cm³/mol. The van der Waals surface area contributed by atoms with Gasteiger partial charge in [0.25, 0.3) is 5.91 Å². The van der Waals surface area contributed by atoms with Crippen LogP contribution in [0.3, 0.4) is 0 Å². The van der Waals surface area contributed by atoms with Gasteiger partial charge in [-0.1, -0.05) is 6.92 Å². The van der Waals surface area contributed by atoms with Gasteiger partial charge in [-0.25, -0.2) is 13.4 Å². The highest BCUT2D eigenvalue weighted by Crippen LogP contribution is 2.39. The lowest BCUT2D eigenvalue weighted by atomic mass is 9.82. The number of sulfone groups is 1. The van der Waals surface area contributed by atoms with Crippen molar-refractivity contribution in [1.82, 2.24) is 15.3 Å². The summed E-state index contributed by atoms with van der Waals surface area (Å²) >= 11 is 0. The fraction of sp³-hybridized carbons (Fsp3) is 0.464. The summed E-state index contributed by atoms with van der Waals surface area (Å²) in [4.78, 5) is 21.7. The first kappa shape index (κ1) is 29.7. The molecule has 40 heavy (non-hydrogen) atoms. The molecule has 0 radical (unpaired) electrons. The Morgan fingerprint density at radius 3 is 2.48 bits per heavy atom. The number of benzene rings is 1. The number of nitrogens with one attached hydrogen (secondary N) is 1. The highest BCUT2D eigenvalue weighted by atomic mass is 32.2. The van der Waals surface area contributed by atoms with Crippen molar-refractivity contribution < 1.29 is 36.2 Å². The van der Waals surface area contributed by atoms with Crippen molar-refractivity contribution in [2.75, 3.05) is 19.0 Å². The Kier molecular flexibility index (Phi) is 8.99. The standard InChI is InChI=1S/C28H32F3N3O5S/c1-3-40(37,38)22-9-11-24(32-14-22)25(15-35)34-26(36)19-6-10-23-20(13-19)12-17(2)33-27(23)39-16-18-4-7-21(8-5-18)28(29,30)31/h6,9-14,18,21,25,35H,3-5,7-8,15-16H2,1-2H3,(H,34,36)/t18?,21?,25-/m1/s1. The summed E-state index contributed by atoms with van der Waals surface area (Å²) in [5.74, 6) is -1.41. The van der Waals surface area contributed by atoms with Crippen LogP contribution < -0.4 is 10.1 Å². The zero-order valence-corrected chi connectivity index (χ0v) is 23.1. The van der Waals surface area contributed by atoms with Gasteiger partial charge in [-0.3, -0.25) is 9.78 Å². The van der Waals surface area contributed by atoms with Crippen LogP contribution in [0.4, 0.5) is 13.2 Å². The third-order valence-electron chi connectivity index (χ3n) is 7.30. The number of aryl methyl sites for hydroxylation is 1. The van der Waals surface area contributed by atoms with Crippen molar-refractivity contribution in [3.8, 4) is 5.88 Å². The maximum atomic E-state index is 13.0. The number of rotatable bonds is 9. The number of hydrogen-bond donors (Lipinski definition) is 2. The molecule has 216 valence electrons. The van der Waals surface area contributed by atoms with Gasteiger partial charge >= 0.3 is 6.18 Å². The van der Waals surface area contributed by atoms with Crippen LogP contribution in [0.5, 0.6) is 5.88 Å². The van der Waals surface area contributed by atoms with Gasteiger partial charge in [0.1, 0.15) is 0 Å². The number of amides is 1. The normalized spacial score (nSPS) is 18.9. The van der Waals surface area contributed by atoms with Gasteiger partial charge in [-0.05, 0) is 80.3 Å². The van der Waals surface area contributed by atoms with Gasteiger partial charge in [0.05, 0.1) is 41.5 Å². The zero-order valence-electron chi connectivity index (χ0n) is 22.2. The van der Waals surface area contributed by atoms with Crippen molar-refractivity contribution in [3.05, 3.63) is 59.5 Å². The Labute approximate surface area is 230 Å². The summed E-state index contributed by atoms with van der Waals surface area (Å²) in [5, 5.41) is 13.9. The number of pyridine rings is 2. The molecule has 0 spiro atoms. The fourth-order valence-electron chi connectivity index (χ4n) is 4.86. The third-order valence-corrected chi connectivity index (χ3v) is 9.01. The highest BCUT2D eigenvalue weighted by Gasteiger charge is 2.41. The molecular formula is C28H32F3N3O5S. The molecule has 0 saturated heterocycles. The number of aromatic nitrogens is 2. The third kappa shape index (κ3) is 6.90. The van der Waals surface area contributed by atoms with E-state index >= 15 is 0 Å². The SMILES string of the molecule is CCS(=O)(=O)c1ccc([C@@H](CO)NC(=O)c2ccc3c(OCC4CCC(C(F)(F)F)CC4)nc(C)cc3c2)nc1. The maximum absolute atomic E-state index is 13.0. The molecule has 2 heterocycles. The first-order valence-corrected chi connectivity index (χ1v) is 14.8. The van der Waals surface area contributed by atoms with Crippen LogP contribution in [0.2, 0.25) is 0 Å². The second-order valence-electron chi connectivity index (χ2n) is 10.1. The minimum Gasteiger partial charge on any atom is -0.477 e. The van der Waals surface area contributed by atoms with Crippen LogP contribution in [0, 0.1) is 18.8 Å². The Balaban J connectivity index is 1.45. The van der Waals surface area contributed by atoms with E-state index in [1.807, 2.05) is 0 Å². The lowest BCUT2D eigenvalue weighted by Crippen LogP contribution is -2.31. The molecule has 1 aliphatic rings. The highest BCUT2D eigenvalue weighted by molar-refractivity contribution is 7.91. The van der Waals surface area contributed by atoms with Gasteiger partial charge in [0.2, 0.25) is 5.88 Å². The van der Waals surface area contributed by atoms with E-state index in [0.29, 0.717) is 46.4 Å². The van der Waals surface area contributed by atoms with Crippen molar-refractivity contribution in [1.29, 1.82) is 0 Å². The Hall–Kier alpha value is -3.25. The largest absolute Gasteiger partial charge is 0.477 e. The van der Waals surface area contributed by atoms with Crippen LogP contribution in [0.15, 0.2) is 47.5 Å². The molecular weight excluding hydrogens is 547 g/mol. The van der Waals surface area contributed by atoms with E-state index in [1.165, 1.54) is 25.3 Å². The van der Waals surface area contributed by atoms with E-state index in [0.717, 1.165) is 0 Å². The lowest BCUT2D eigenvalue weighted by Gasteiger charge is -2.29. The topological polar surface area (TPSA) is 118 Å². The summed E-state index contributed by atoms with van der Waals surface area (Å²) in [7, 11) is -3.43. The van der Waals surface area contributed by atoms with Crippen molar-refractivity contribution in [2.45, 2.75) is 56.6 Å². The monoisotopic (exact) mass is 579 g/mol. The second-order valence-corrected chi connectivity index (χ2v) is 12.4. The molecule has 1 fully saturated rings. The summed E-state index contributed by atoms with van der Waals surface area (Å²) in [6, 6.07) is 8.75. The molecule has 1 amide bonds. The first-order chi connectivity index (χ1) is 18.9. The maximum Gasteiger partial charge on any atom is 0.391 e. The van der Waals surface area contributed by atoms with E-state index < -0.39 is 40.5 Å². The molecule has 1 aliphatic carbocycles. The van der Waals surface area contributed by atoms with Crippen LogP contribution >= 0.6 is 0 Å². The minimum atomic E-state index is -4.15. The molecule has 12 heteroatoms. The van der Waals surface area contributed by atoms with E-state index in [9.17, 15) is 31.5 Å². The molecule has 0 aliphatic heterocycles. The van der Waals surface area contributed by atoms with Crippen molar-refractivity contribution >= 4 is 26.5 Å². The predicted octanol–water partition coefficient (Wildman–Crippen LogP) is 4.94. The number of carbonyl (C=O) groups excluding carboxylic acids is 1.